The van der Waals surface area contributed by atoms with Gasteiger partial charge < -0.3 is 14.7 Å². The van der Waals surface area contributed by atoms with Crippen LogP contribution in [0.15, 0.2) is 24.3 Å². The highest BCUT2D eigenvalue weighted by atomic mass is 16.5. The maximum absolute atomic E-state index is 12.0. The highest BCUT2D eigenvalue weighted by Crippen LogP contribution is 2.24. The molecule has 96 valence electrons. The molecule has 1 unspecified atom stereocenters. The lowest BCUT2D eigenvalue weighted by molar-refractivity contribution is -0.147. The normalized spacial score (nSPS) is 15.4. The van der Waals surface area contributed by atoms with Crippen LogP contribution in [0.4, 0.5) is 0 Å². The third kappa shape index (κ3) is 2.36. The summed E-state index contributed by atoms with van der Waals surface area (Å²) in [7, 11) is 0. The van der Waals surface area contributed by atoms with Crippen molar-refractivity contribution in [1.82, 2.24) is 4.90 Å². The zero-order chi connectivity index (χ0) is 13.1. The minimum atomic E-state index is -1.14. The van der Waals surface area contributed by atoms with Gasteiger partial charge in [-0.2, -0.15) is 0 Å². The molecule has 5 heteroatoms. The second kappa shape index (κ2) is 5.18. The Kier molecular flexibility index (Phi) is 3.62. The first kappa shape index (κ1) is 12.6. The number of rotatable bonds is 4. The summed E-state index contributed by atoms with van der Waals surface area (Å²) in [6.45, 7) is 2.29. The maximum atomic E-state index is 12.0. The number of carbonyl (C=O) groups excluding carboxylic acids is 2. The number of esters is 1. The quantitative estimate of drug-likeness (QED) is 0.805. The maximum Gasteiger partial charge on any atom is 0.310 e. The molecule has 0 radical (unpaired) electrons. The Hall–Kier alpha value is -1.88. The van der Waals surface area contributed by atoms with Crippen LogP contribution >= 0.6 is 0 Å². The smallest absolute Gasteiger partial charge is 0.310 e. The molecule has 1 aliphatic heterocycles. The molecular weight excluding hydrogens is 234 g/mol. The third-order valence-corrected chi connectivity index (χ3v) is 2.86. The molecule has 1 N–H and O–H groups in total. The zero-order valence-corrected chi connectivity index (χ0v) is 10.1. The van der Waals surface area contributed by atoms with Crippen molar-refractivity contribution in [2.24, 2.45) is 0 Å². The summed E-state index contributed by atoms with van der Waals surface area (Å²) in [5.41, 5.74) is 1.45. The fourth-order valence-corrected chi connectivity index (χ4v) is 2.00. The van der Waals surface area contributed by atoms with Gasteiger partial charge in [0.2, 0.25) is 0 Å². The van der Waals surface area contributed by atoms with E-state index < -0.39 is 12.2 Å². The number of benzene rings is 1. The van der Waals surface area contributed by atoms with Crippen molar-refractivity contribution < 1.29 is 19.4 Å². The topological polar surface area (TPSA) is 66.8 Å². The molecular formula is C13H15NO4. The summed E-state index contributed by atoms with van der Waals surface area (Å²) in [6.07, 6.45) is -1.34. The van der Waals surface area contributed by atoms with Crippen LogP contribution in [0.5, 0.6) is 0 Å². The predicted molar refractivity (Wildman–Crippen MR) is 63.6 cm³/mol. The summed E-state index contributed by atoms with van der Waals surface area (Å²) in [4.78, 5) is 24.5. The van der Waals surface area contributed by atoms with E-state index in [2.05, 4.69) is 0 Å². The van der Waals surface area contributed by atoms with Gasteiger partial charge in [-0.15, -0.1) is 0 Å². The second-order valence-corrected chi connectivity index (χ2v) is 4.08. The molecule has 0 aromatic heterocycles. The number of hydrogen-bond acceptors (Lipinski definition) is 4. The third-order valence-electron chi connectivity index (χ3n) is 2.86. The molecule has 18 heavy (non-hydrogen) atoms. The summed E-state index contributed by atoms with van der Waals surface area (Å²) < 4.78 is 4.75. The molecule has 1 amide bonds. The van der Waals surface area contributed by atoms with Gasteiger partial charge >= 0.3 is 5.97 Å². The Morgan fingerprint density at radius 2 is 2.22 bits per heavy atom. The molecule has 1 aliphatic rings. The van der Waals surface area contributed by atoms with Gasteiger partial charge in [0.15, 0.2) is 0 Å². The van der Waals surface area contributed by atoms with Crippen molar-refractivity contribution in [3.63, 3.8) is 0 Å². The van der Waals surface area contributed by atoms with Gasteiger partial charge in [0, 0.05) is 12.1 Å². The van der Waals surface area contributed by atoms with Gasteiger partial charge in [-0.05, 0) is 18.6 Å². The highest BCUT2D eigenvalue weighted by Gasteiger charge is 2.32. The fourth-order valence-electron chi connectivity index (χ4n) is 2.00. The van der Waals surface area contributed by atoms with Crippen LogP contribution in [0.25, 0.3) is 0 Å². The van der Waals surface area contributed by atoms with Gasteiger partial charge in [-0.1, -0.05) is 18.2 Å². The first-order valence-electron chi connectivity index (χ1n) is 5.86. The number of hydrogen-bond donors (Lipinski definition) is 1. The van der Waals surface area contributed by atoms with Crippen molar-refractivity contribution in [2.45, 2.75) is 26.1 Å². The fraction of sp³-hybridized carbons (Fsp3) is 0.385. The number of fused-ring (bicyclic) bond motifs is 1. The lowest BCUT2D eigenvalue weighted by atomic mass is 10.1. The van der Waals surface area contributed by atoms with Gasteiger partial charge in [0.1, 0.15) is 6.23 Å². The standard InChI is InChI=1S/C13H15NO4/c1-2-18-12(16)7-11(15)14-8-9-5-3-4-6-10(9)13(14)17/h3-6,11,15H,2,7-8H2,1H3. The average molecular weight is 249 g/mol. The molecule has 5 nitrogen and oxygen atoms in total. The molecule has 1 heterocycles. The molecule has 1 aromatic rings. The number of amides is 1. The molecule has 2 rings (SSSR count). The van der Waals surface area contributed by atoms with Gasteiger partial charge in [0.25, 0.3) is 5.91 Å². The van der Waals surface area contributed by atoms with Gasteiger partial charge in [0.05, 0.1) is 13.0 Å². The van der Waals surface area contributed by atoms with E-state index >= 15 is 0 Å². The molecule has 0 saturated carbocycles. The number of aliphatic hydroxyl groups is 1. The molecule has 0 saturated heterocycles. The van der Waals surface area contributed by atoms with E-state index in [4.69, 9.17) is 4.74 Å². The van der Waals surface area contributed by atoms with Crippen LogP contribution in [0.3, 0.4) is 0 Å². The van der Waals surface area contributed by atoms with Gasteiger partial charge in [-0.3, -0.25) is 9.59 Å². The Balaban J connectivity index is 2.04. The minimum absolute atomic E-state index is 0.201. The minimum Gasteiger partial charge on any atom is -0.466 e. The van der Waals surface area contributed by atoms with Crippen molar-refractivity contribution in [2.75, 3.05) is 6.61 Å². The summed E-state index contributed by atoms with van der Waals surface area (Å²) in [6, 6.07) is 7.17. The van der Waals surface area contributed by atoms with Gasteiger partial charge in [-0.25, -0.2) is 0 Å². The summed E-state index contributed by atoms with van der Waals surface area (Å²) in [5.74, 6) is -0.754. The Morgan fingerprint density at radius 3 is 2.89 bits per heavy atom. The van der Waals surface area contributed by atoms with E-state index in [1.54, 1.807) is 19.1 Å². The van der Waals surface area contributed by atoms with Crippen LogP contribution in [-0.2, 0) is 16.1 Å². The van der Waals surface area contributed by atoms with Crippen molar-refractivity contribution in [3.8, 4) is 0 Å². The van der Waals surface area contributed by atoms with Crippen molar-refractivity contribution in [3.05, 3.63) is 35.4 Å². The molecule has 0 bridgehead atoms. The molecule has 0 aliphatic carbocycles. The number of ether oxygens (including phenoxy) is 1. The Bertz CT molecular complexity index is 472. The Labute approximate surface area is 105 Å². The zero-order valence-electron chi connectivity index (χ0n) is 10.1. The average Bonchev–Trinajstić information content (AvgIpc) is 2.68. The SMILES string of the molecule is CCOC(=O)CC(O)N1Cc2ccccc2C1=O. The van der Waals surface area contributed by atoms with Crippen LogP contribution in [-0.4, -0.2) is 34.7 Å². The first-order valence-corrected chi connectivity index (χ1v) is 5.86. The van der Waals surface area contributed by atoms with E-state index in [0.29, 0.717) is 12.1 Å². The summed E-state index contributed by atoms with van der Waals surface area (Å²) in [5, 5.41) is 9.89. The molecule has 0 fully saturated rings. The van der Waals surface area contributed by atoms with E-state index in [1.165, 1.54) is 4.90 Å². The lowest BCUT2D eigenvalue weighted by Crippen LogP contribution is -2.37. The lowest BCUT2D eigenvalue weighted by Gasteiger charge is -2.21. The summed E-state index contributed by atoms with van der Waals surface area (Å²) >= 11 is 0. The monoisotopic (exact) mass is 249 g/mol. The first-order chi connectivity index (χ1) is 8.63. The molecule has 1 atom stereocenters. The van der Waals surface area contributed by atoms with Crippen LogP contribution in [0.1, 0.15) is 29.3 Å². The number of aliphatic hydroxyl groups excluding tert-OH is 1. The van der Waals surface area contributed by atoms with E-state index in [9.17, 15) is 14.7 Å². The molecule has 1 aromatic carbocycles. The predicted octanol–water partition coefficient (Wildman–Crippen LogP) is 0.914. The largest absolute Gasteiger partial charge is 0.466 e. The number of nitrogens with zero attached hydrogens (tertiary/aromatic N) is 1. The second-order valence-electron chi connectivity index (χ2n) is 4.08. The van der Waals surface area contributed by atoms with Crippen molar-refractivity contribution >= 4 is 11.9 Å². The number of carbonyl (C=O) groups is 2. The van der Waals surface area contributed by atoms with E-state index in [-0.39, 0.29) is 18.9 Å². The molecule has 0 spiro atoms. The van der Waals surface area contributed by atoms with E-state index in [1.807, 2.05) is 12.1 Å². The van der Waals surface area contributed by atoms with E-state index in [0.717, 1.165) is 5.56 Å². The van der Waals surface area contributed by atoms with Crippen LogP contribution in [0.2, 0.25) is 0 Å². The van der Waals surface area contributed by atoms with Crippen LogP contribution in [0, 0.1) is 0 Å². The van der Waals surface area contributed by atoms with Crippen LogP contribution < -0.4 is 0 Å². The van der Waals surface area contributed by atoms with Crippen molar-refractivity contribution in [1.29, 1.82) is 0 Å². The highest BCUT2D eigenvalue weighted by molar-refractivity contribution is 5.98. The Morgan fingerprint density at radius 1 is 1.50 bits per heavy atom.